The summed E-state index contributed by atoms with van der Waals surface area (Å²) in [5.41, 5.74) is 7.07. The van der Waals surface area contributed by atoms with Gasteiger partial charge in [-0.15, -0.1) is 0 Å². The van der Waals surface area contributed by atoms with Crippen molar-refractivity contribution in [1.29, 1.82) is 0 Å². The Hall–Kier alpha value is -2.56. The van der Waals surface area contributed by atoms with Crippen LogP contribution in [0.15, 0.2) is 36.4 Å². The second-order valence-electron chi connectivity index (χ2n) is 6.13. The summed E-state index contributed by atoms with van der Waals surface area (Å²) >= 11 is 0. The molecule has 0 radical (unpaired) electrons. The molecule has 24 heavy (non-hydrogen) atoms. The van der Waals surface area contributed by atoms with Gasteiger partial charge < -0.3 is 15.4 Å². The van der Waals surface area contributed by atoms with Crippen LogP contribution in [0.5, 0.6) is 0 Å². The van der Waals surface area contributed by atoms with E-state index < -0.39 is 0 Å². The van der Waals surface area contributed by atoms with Gasteiger partial charge in [0.15, 0.2) is 0 Å². The summed E-state index contributed by atoms with van der Waals surface area (Å²) in [6.07, 6.45) is 1.55. The van der Waals surface area contributed by atoms with Crippen LogP contribution in [0.25, 0.3) is 10.8 Å². The Morgan fingerprint density at radius 3 is 2.67 bits per heavy atom. The molecule has 1 aliphatic heterocycles. The summed E-state index contributed by atoms with van der Waals surface area (Å²) in [5, 5.41) is 1.99. The van der Waals surface area contributed by atoms with Gasteiger partial charge in [-0.3, -0.25) is 9.59 Å². The third kappa shape index (κ3) is 3.20. The zero-order valence-corrected chi connectivity index (χ0v) is 13.8. The van der Waals surface area contributed by atoms with Crippen LogP contribution >= 0.6 is 0 Å². The third-order valence-electron chi connectivity index (χ3n) is 4.48. The van der Waals surface area contributed by atoms with Crippen LogP contribution in [0.2, 0.25) is 0 Å². The molecule has 5 nitrogen and oxygen atoms in total. The summed E-state index contributed by atoms with van der Waals surface area (Å²) in [7, 11) is 0. The van der Waals surface area contributed by atoms with E-state index in [-0.39, 0.29) is 17.8 Å². The Kier molecular flexibility index (Phi) is 4.69. The first-order valence-corrected chi connectivity index (χ1v) is 8.34. The molecule has 0 spiro atoms. The molecule has 1 amide bonds. The van der Waals surface area contributed by atoms with Crippen molar-refractivity contribution in [2.45, 2.75) is 19.8 Å². The smallest absolute Gasteiger partial charge is 0.310 e. The maximum atomic E-state index is 12.9. The predicted octanol–water partition coefficient (Wildman–Crippen LogP) is 2.84. The third-order valence-corrected chi connectivity index (χ3v) is 4.48. The Morgan fingerprint density at radius 1 is 1.25 bits per heavy atom. The first-order chi connectivity index (χ1) is 11.6. The van der Waals surface area contributed by atoms with Crippen LogP contribution in [0.1, 0.15) is 30.1 Å². The van der Waals surface area contributed by atoms with E-state index in [2.05, 4.69) is 0 Å². The number of carbonyl (C=O) groups is 2. The lowest BCUT2D eigenvalue weighted by Crippen LogP contribution is -2.43. The van der Waals surface area contributed by atoms with E-state index in [0.29, 0.717) is 30.9 Å². The lowest BCUT2D eigenvalue weighted by molar-refractivity contribution is -0.149. The van der Waals surface area contributed by atoms with Crippen molar-refractivity contribution in [1.82, 2.24) is 4.90 Å². The lowest BCUT2D eigenvalue weighted by atomic mass is 9.96. The van der Waals surface area contributed by atoms with E-state index in [1.807, 2.05) is 36.4 Å². The topological polar surface area (TPSA) is 72.6 Å². The minimum absolute atomic E-state index is 0.118. The van der Waals surface area contributed by atoms with Gasteiger partial charge in [0.05, 0.1) is 18.1 Å². The number of nitrogen functional groups attached to an aromatic ring is 1. The van der Waals surface area contributed by atoms with Crippen molar-refractivity contribution >= 4 is 28.3 Å². The van der Waals surface area contributed by atoms with Crippen LogP contribution in [-0.2, 0) is 9.53 Å². The lowest BCUT2D eigenvalue weighted by Gasteiger charge is -2.32. The van der Waals surface area contributed by atoms with E-state index in [1.165, 1.54) is 0 Å². The van der Waals surface area contributed by atoms with E-state index in [1.54, 1.807) is 11.8 Å². The molecule has 1 unspecified atom stereocenters. The van der Waals surface area contributed by atoms with E-state index in [0.717, 1.165) is 23.6 Å². The van der Waals surface area contributed by atoms with Crippen molar-refractivity contribution in [2.75, 3.05) is 25.4 Å². The van der Waals surface area contributed by atoms with Crippen molar-refractivity contribution in [3.63, 3.8) is 0 Å². The number of hydrogen-bond acceptors (Lipinski definition) is 4. The van der Waals surface area contributed by atoms with E-state index >= 15 is 0 Å². The Morgan fingerprint density at radius 2 is 1.96 bits per heavy atom. The van der Waals surface area contributed by atoms with Crippen LogP contribution in [-0.4, -0.2) is 36.5 Å². The van der Waals surface area contributed by atoms with Crippen LogP contribution < -0.4 is 5.73 Å². The van der Waals surface area contributed by atoms with Gasteiger partial charge in [0, 0.05) is 18.8 Å². The summed E-state index contributed by atoms with van der Waals surface area (Å²) in [6, 6.07) is 11.5. The quantitative estimate of drug-likeness (QED) is 0.695. The molecule has 1 heterocycles. The molecule has 1 saturated heterocycles. The van der Waals surface area contributed by atoms with E-state index in [9.17, 15) is 9.59 Å². The molecule has 5 heteroatoms. The molecule has 1 aliphatic rings. The van der Waals surface area contributed by atoms with Gasteiger partial charge in [-0.05, 0) is 42.7 Å². The van der Waals surface area contributed by atoms with Crippen molar-refractivity contribution < 1.29 is 14.3 Å². The highest BCUT2D eigenvalue weighted by atomic mass is 16.5. The minimum atomic E-state index is -0.246. The molecule has 1 fully saturated rings. The zero-order valence-electron chi connectivity index (χ0n) is 13.8. The summed E-state index contributed by atoms with van der Waals surface area (Å²) < 4.78 is 5.09. The number of hydrogen-bond donors (Lipinski definition) is 1. The van der Waals surface area contributed by atoms with Crippen LogP contribution in [0.4, 0.5) is 5.69 Å². The van der Waals surface area contributed by atoms with Gasteiger partial charge >= 0.3 is 5.97 Å². The molecule has 3 rings (SSSR count). The second kappa shape index (κ2) is 6.91. The fraction of sp³-hybridized carbons (Fsp3) is 0.368. The summed E-state index contributed by atoms with van der Waals surface area (Å²) in [6.45, 7) is 3.19. The molecule has 0 saturated carbocycles. The maximum Gasteiger partial charge on any atom is 0.310 e. The number of anilines is 1. The molecule has 0 aliphatic carbocycles. The number of ether oxygens (including phenoxy) is 1. The van der Waals surface area contributed by atoms with Gasteiger partial charge in [-0.1, -0.05) is 24.3 Å². The number of esters is 1. The highest BCUT2D eigenvalue weighted by Gasteiger charge is 2.30. The summed E-state index contributed by atoms with van der Waals surface area (Å²) in [4.78, 5) is 26.6. The van der Waals surface area contributed by atoms with Crippen LogP contribution in [0.3, 0.4) is 0 Å². The molecule has 0 bridgehead atoms. The fourth-order valence-electron chi connectivity index (χ4n) is 3.23. The molecular weight excluding hydrogens is 304 g/mol. The Bertz CT molecular complexity index is 772. The monoisotopic (exact) mass is 326 g/mol. The molecule has 0 aromatic heterocycles. The van der Waals surface area contributed by atoms with Crippen molar-refractivity contribution in [2.24, 2.45) is 5.92 Å². The van der Waals surface area contributed by atoms with Gasteiger partial charge in [0.1, 0.15) is 0 Å². The van der Waals surface area contributed by atoms with Gasteiger partial charge in [0.25, 0.3) is 5.91 Å². The van der Waals surface area contributed by atoms with E-state index in [4.69, 9.17) is 10.5 Å². The first kappa shape index (κ1) is 16.3. The largest absolute Gasteiger partial charge is 0.466 e. The maximum absolute atomic E-state index is 12.9. The zero-order chi connectivity index (χ0) is 17.1. The average molecular weight is 326 g/mol. The normalized spacial score (nSPS) is 17.7. The van der Waals surface area contributed by atoms with Gasteiger partial charge in [0.2, 0.25) is 0 Å². The highest BCUT2D eigenvalue weighted by Crippen LogP contribution is 2.25. The SMILES string of the molecule is CCOC(=O)C1CCCN(C(=O)c2cc3ccccc3cc2N)C1. The van der Waals surface area contributed by atoms with Gasteiger partial charge in [-0.2, -0.15) is 0 Å². The second-order valence-corrected chi connectivity index (χ2v) is 6.13. The highest BCUT2D eigenvalue weighted by molar-refractivity contribution is 6.04. The number of fused-ring (bicyclic) bond motifs is 1. The molecular formula is C19H22N2O3. The minimum Gasteiger partial charge on any atom is -0.466 e. The fourth-order valence-corrected chi connectivity index (χ4v) is 3.23. The molecule has 2 N–H and O–H groups in total. The predicted molar refractivity (Wildman–Crippen MR) is 93.6 cm³/mol. The molecule has 126 valence electrons. The summed E-state index contributed by atoms with van der Waals surface area (Å²) in [5.74, 6) is -0.585. The van der Waals surface area contributed by atoms with Crippen molar-refractivity contribution in [3.05, 3.63) is 42.0 Å². The number of nitrogens with zero attached hydrogens (tertiary/aromatic N) is 1. The average Bonchev–Trinajstić information content (AvgIpc) is 2.61. The van der Waals surface area contributed by atoms with Gasteiger partial charge in [-0.25, -0.2) is 0 Å². The standard InChI is InChI=1S/C19H22N2O3/c1-2-24-19(23)15-8-5-9-21(12-15)18(22)16-10-13-6-3-4-7-14(13)11-17(16)20/h3-4,6-7,10-11,15H,2,5,8-9,12,20H2,1H3. The number of carbonyl (C=O) groups excluding carboxylic acids is 2. The number of piperidine rings is 1. The number of benzene rings is 2. The number of rotatable bonds is 3. The first-order valence-electron chi connectivity index (χ1n) is 8.34. The van der Waals surface area contributed by atoms with Crippen LogP contribution in [0, 0.1) is 5.92 Å². The molecule has 2 aromatic rings. The number of likely N-dealkylation sites (tertiary alicyclic amines) is 1. The Balaban J connectivity index is 1.83. The van der Waals surface area contributed by atoms with Crippen molar-refractivity contribution in [3.8, 4) is 0 Å². The molecule has 2 aromatic carbocycles. The Labute approximate surface area is 141 Å². The number of amides is 1. The molecule has 1 atom stereocenters. The number of nitrogens with two attached hydrogens (primary N) is 1.